The third-order valence-electron chi connectivity index (χ3n) is 2.90. The van der Waals surface area contributed by atoms with Crippen LogP contribution < -0.4 is 0 Å². The first-order valence-electron chi connectivity index (χ1n) is 4.70. The molecule has 0 aliphatic heterocycles. The van der Waals surface area contributed by atoms with Gasteiger partial charge in [-0.15, -0.1) is 0 Å². The minimum atomic E-state index is 0.515. The quantitative estimate of drug-likeness (QED) is 0.604. The maximum absolute atomic E-state index is 4.35. The number of hydrogen-bond donors (Lipinski definition) is 0. The molecule has 13 heavy (non-hydrogen) atoms. The molecule has 0 saturated heterocycles. The Morgan fingerprint density at radius 2 is 2.00 bits per heavy atom. The first kappa shape index (κ1) is 8.42. The lowest BCUT2D eigenvalue weighted by molar-refractivity contribution is 0.567. The molecule has 2 nitrogen and oxygen atoms in total. The molecule has 1 aliphatic carbocycles. The molecule has 0 radical (unpaired) electrons. The van der Waals surface area contributed by atoms with Crippen molar-refractivity contribution in [2.24, 2.45) is 5.92 Å². The zero-order valence-electron chi connectivity index (χ0n) is 8.28. The van der Waals surface area contributed by atoms with Gasteiger partial charge >= 0.3 is 0 Å². The molecule has 2 rings (SSSR count). The molecule has 2 heteroatoms. The summed E-state index contributed by atoms with van der Waals surface area (Å²) < 4.78 is 0. The number of hydrogen-bond acceptors (Lipinski definition) is 2. The Morgan fingerprint density at radius 1 is 1.23 bits per heavy atom. The number of aromatic nitrogens is 2. The molecule has 2 atom stereocenters. The second-order valence-corrected chi connectivity index (χ2v) is 3.76. The van der Waals surface area contributed by atoms with Crippen LogP contribution in [0, 0.1) is 12.8 Å². The van der Waals surface area contributed by atoms with Crippen molar-refractivity contribution in [3.8, 4) is 0 Å². The molecule has 1 aromatic rings. The molecule has 2 unspecified atom stereocenters. The minimum Gasteiger partial charge on any atom is -0.241 e. The fraction of sp³-hybridized carbons (Fsp3) is 0.455. The van der Waals surface area contributed by atoms with Crippen LogP contribution in [0.5, 0.6) is 0 Å². The summed E-state index contributed by atoms with van der Waals surface area (Å²) in [4.78, 5) is 8.54. The monoisotopic (exact) mass is 174 g/mol. The number of nitrogens with zero attached hydrogens (tertiary/aromatic N) is 2. The van der Waals surface area contributed by atoms with Crippen molar-refractivity contribution in [3.05, 3.63) is 29.4 Å². The number of allylic oxidation sites excluding steroid dienone is 1. The van der Waals surface area contributed by atoms with Gasteiger partial charge in [-0.05, 0) is 12.8 Å². The Balaban J connectivity index is 2.58. The normalized spacial score (nSPS) is 25.8. The van der Waals surface area contributed by atoms with E-state index in [1.807, 2.05) is 6.92 Å². The van der Waals surface area contributed by atoms with Crippen molar-refractivity contribution in [2.45, 2.75) is 26.7 Å². The van der Waals surface area contributed by atoms with E-state index in [4.69, 9.17) is 0 Å². The van der Waals surface area contributed by atoms with Gasteiger partial charge < -0.3 is 0 Å². The summed E-state index contributed by atoms with van der Waals surface area (Å²) in [6, 6.07) is 0. The van der Waals surface area contributed by atoms with Crippen molar-refractivity contribution in [3.63, 3.8) is 0 Å². The molecule has 0 amide bonds. The van der Waals surface area contributed by atoms with Crippen molar-refractivity contribution in [1.29, 1.82) is 0 Å². The van der Waals surface area contributed by atoms with Gasteiger partial charge in [0.1, 0.15) is 6.33 Å². The van der Waals surface area contributed by atoms with Crippen LogP contribution in [-0.4, -0.2) is 9.97 Å². The molecule has 1 heterocycles. The highest BCUT2D eigenvalue weighted by Crippen LogP contribution is 2.32. The van der Waals surface area contributed by atoms with E-state index in [0.29, 0.717) is 11.8 Å². The third-order valence-corrected chi connectivity index (χ3v) is 2.90. The summed E-state index contributed by atoms with van der Waals surface area (Å²) in [6.07, 6.45) is 6.05. The van der Waals surface area contributed by atoms with Crippen molar-refractivity contribution >= 4 is 6.08 Å². The minimum absolute atomic E-state index is 0.515. The molecule has 0 fully saturated rings. The standard InChI is InChI=1S/C11H14N2/c1-7-4-5-10-9(3)12-6-13-11(10)8(7)2/h4-8H,1-3H3. The van der Waals surface area contributed by atoms with Gasteiger partial charge in [-0.2, -0.15) is 0 Å². The maximum Gasteiger partial charge on any atom is 0.115 e. The summed E-state index contributed by atoms with van der Waals surface area (Å²) >= 11 is 0. The largest absolute Gasteiger partial charge is 0.241 e. The lowest BCUT2D eigenvalue weighted by Gasteiger charge is -2.22. The molecular formula is C11H14N2. The molecule has 1 aliphatic rings. The maximum atomic E-state index is 4.35. The Morgan fingerprint density at radius 3 is 2.77 bits per heavy atom. The fourth-order valence-electron chi connectivity index (χ4n) is 1.73. The lowest BCUT2D eigenvalue weighted by Crippen LogP contribution is -2.12. The summed E-state index contributed by atoms with van der Waals surface area (Å²) in [5.41, 5.74) is 3.50. The average Bonchev–Trinajstić information content (AvgIpc) is 2.12. The van der Waals surface area contributed by atoms with E-state index in [-0.39, 0.29) is 0 Å². The molecule has 0 bridgehead atoms. The summed E-state index contributed by atoms with van der Waals surface area (Å²) in [6.45, 7) is 6.48. The molecule has 0 N–H and O–H groups in total. The number of rotatable bonds is 0. The van der Waals surface area contributed by atoms with Crippen LogP contribution in [0.2, 0.25) is 0 Å². The van der Waals surface area contributed by atoms with Crippen LogP contribution >= 0.6 is 0 Å². The van der Waals surface area contributed by atoms with E-state index in [9.17, 15) is 0 Å². The van der Waals surface area contributed by atoms with Gasteiger partial charge in [0, 0.05) is 17.2 Å². The van der Waals surface area contributed by atoms with Gasteiger partial charge in [0.2, 0.25) is 0 Å². The van der Waals surface area contributed by atoms with E-state index < -0.39 is 0 Å². The van der Waals surface area contributed by atoms with Crippen LogP contribution in [-0.2, 0) is 0 Å². The van der Waals surface area contributed by atoms with Crippen LogP contribution in [0.1, 0.15) is 36.7 Å². The van der Waals surface area contributed by atoms with Crippen molar-refractivity contribution in [1.82, 2.24) is 9.97 Å². The van der Waals surface area contributed by atoms with Crippen LogP contribution in [0.4, 0.5) is 0 Å². The highest BCUT2D eigenvalue weighted by molar-refractivity contribution is 5.57. The zero-order valence-corrected chi connectivity index (χ0v) is 8.28. The van der Waals surface area contributed by atoms with E-state index >= 15 is 0 Å². The third kappa shape index (κ3) is 1.26. The van der Waals surface area contributed by atoms with Crippen LogP contribution in [0.25, 0.3) is 6.08 Å². The fourth-order valence-corrected chi connectivity index (χ4v) is 1.73. The van der Waals surface area contributed by atoms with Crippen molar-refractivity contribution < 1.29 is 0 Å². The highest BCUT2D eigenvalue weighted by Gasteiger charge is 2.21. The predicted octanol–water partition coefficient (Wildman–Crippen LogP) is 2.55. The molecule has 0 spiro atoms. The van der Waals surface area contributed by atoms with Gasteiger partial charge in [0.05, 0.1) is 5.69 Å². The lowest BCUT2D eigenvalue weighted by atomic mass is 9.85. The first-order chi connectivity index (χ1) is 6.20. The van der Waals surface area contributed by atoms with Gasteiger partial charge in [-0.25, -0.2) is 9.97 Å². The Bertz CT molecular complexity index is 355. The van der Waals surface area contributed by atoms with Crippen LogP contribution in [0.3, 0.4) is 0 Å². The van der Waals surface area contributed by atoms with Gasteiger partial charge in [0.15, 0.2) is 0 Å². The molecule has 0 saturated carbocycles. The topological polar surface area (TPSA) is 25.8 Å². The Labute approximate surface area is 78.7 Å². The number of fused-ring (bicyclic) bond motifs is 1. The summed E-state index contributed by atoms with van der Waals surface area (Å²) in [7, 11) is 0. The van der Waals surface area contributed by atoms with E-state index in [0.717, 1.165) is 5.69 Å². The van der Waals surface area contributed by atoms with Gasteiger partial charge in [-0.1, -0.05) is 26.0 Å². The second kappa shape index (κ2) is 2.95. The van der Waals surface area contributed by atoms with Gasteiger partial charge in [0.25, 0.3) is 0 Å². The van der Waals surface area contributed by atoms with E-state index in [2.05, 4.69) is 36.0 Å². The Hall–Kier alpha value is -1.18. The smallest absolute Gasteiger partial charge is 0.115 e. The first-order valence-corrected chi connectivity index (χ1v) is 4.70. The average molecular weight is 174 g/mol. The Kier molecular flexibility index (Phi) is 1.91. The van der Waals surface area contributed by atoms with Crippen molar-refractivity contribution in [2.75, 3.05) is 0 Å². The summed E-state index contributed by atoms with van der Waals surface area (Å²) in [5.74, 6) is 1.10. The van der Waals surface area contributed by atoms with Gasteiger partial charge in [-0.3, -0.25) is 0 Å². The molecule has 68 valence electrons. The molecule has 0 aromatic carbocycles. The SMILES string of the molecule is Cc1ncnc2c1C=CC(C)C2C. The van der Waals surface area contributed by atoms with E-state index in [1.165, 1.54) is 11.3 Å². The highest BCUT2D eigenvalue weighted by atomic mass is 14.8. The molecular weight excluding hydrogens is 160 g/mol. The second-order valence-electron chi connectivity index (χ2n) is 3.76. The van der Waals surface area contributed by atoms with Crippen LogP contribution in [0.15, 0.2) is 12.4 Å². The predicted molar refractivity (Wildman–Crippen MR) is 53.4 cm³/mol. The number of aryl methyl sites for hydroxylation is 1. The zero-order chi connectivity index (χ0) is 9.42. The van der Waals surface area contributed by atoms with E-state index in [1.54, 1.807) is 6.33 Å². The summed E-state index contributed by atoms with van der Waals surface area (Å²) in [5, 5.41) is 0. The molecule has 1 aromatic heterocycles.